The first-order valence-corrected chi connectivity index (χ1v) is 11.1. The van der Waals surface area contributed by atoms with Gasteiger partial charge in [0.05, 0.1) is 25.0 Å². The number of nitrogens with one attached hydrogen (secondary N) is 1. The molecule has 170 valence electrons. The third-order valence-electron chi connectivity index (χ3n) is 6.88. The zero-order chi connectivity index (χ0) is 23.3. The molecule has 3 aliphatic rings. The predicted molar refractivity (Wildman–Crippen MR) is 119 cm³/mol. The number of hydrogen-bond acceptors (Lipinski definition) is 6. The first-order valence-electron chi connectivity index (χ1n) is 11.1. The number of nitrogens with zero attached hydrogens (tertiary/aromatic N) is 2. The van der Waals surface area contributed by atoms with E-state index in [1.165, 1.54) is 9.80 Å². The molecule has 0 aromatic heterocycles. The highest BCUT2D eigenvalue weighted by molar-refractivity contribution is 6.16. The number of fused-ring (bicyclic) bond motifs is 4. The monoisotopic (exact) mass is 447 g/mol. The molecule has 0 saturated carbocycles. The van der Waals surface area contributed by atoms with Crippen molar-refractivity contribution < 1.29 is 23.9 Å². The first kappa shape index (κ1) is 21.3. The van der Waals surface area contributed by atoms with Crippen molar-refractivity contribution >= 4 is 29.4 Å². The van der Waals surface area contributed by atoms with Crippen LogP contribution in [0, 0.1) is 11.8 Å². The van der Waals surface area contributed by atoms with Gasteiger partial charge in [0.2, 0.25) is 11.8 Å². The molecule has 5 rings (SSSR count). The number of carbonyl (C=O) groups is 4. The molecule has 0 radical (unpaired) electrons. The number of likely N-dealkylation sites (tertiary alicyclic amines) is 1. The van der Waals surface area contributed by atoms with E-state index in [9.17, 15) is 19.2 Å². The third-order valence-corrected chi connectivity index (χ3v) is 6.88. The fourth-order valence-corrected chi connectivity index (χ4v) is 5.58. The Hall–Kier alpha value is -3.52. The third kappa shape index (κ3) is 3.01. The number of ether oxygens (including phenoxy) is 1. The second kappa shape index (κ2) is 7.81. The Kier molecular flexibility index (Phi) is 5.05. The summed E-state index contributed by atoms with van der Waals surface area (Å²) in [5.74, 6) is -3.13. The van der Waals surface area contributed by atoms with Crippen molar-refractivity contribution in [3.63, 3.8) is 0 Å². The minimum Gasteiger partial charge on any atom is -0.465 e. The number of carbonyl (C=O) groups excluding carboxylic acids is 4. The number of imide groups is 1. The summed E-state index contributed by atoms with van der Waals surface area (Å²) in [4.78, 5) is 55.9. The van der Waals surface area contributed by atoms with E-state index in [1.807, 2.05) is 37.3 Å². The van der Waals surface area contributed by atoms with Crippen LogP contribution in [-0.4, -0.2) is 47.8 Å². The van der Waals surface area contributed by atoms with Crippen molar-refractivity contribution in [1.82, 2.24) is 10.2 Å². The van der Waals surface area contributed by atoms with Crippen LogP contribution < -0.4 is 10.2 Å². The molecule has 1 N–H and O–H groups in total. The Bertz CT molecular complexity index is 1150. The summed E-state index contributed by atoms with van der Waals surface area (Å²) in [6.45, 7) is 3.64. The van der Waals surface area contributed by atoms with E-state index in [2.05, 4.69) is 5.32 Å². The zero-order valence-corrected chi connectivity index (χ0v) is 18.5. The average Bonchev–Trinajstić information content (AvgIpc) is 3.34. The lowest BCUT2D eigenvalue weighted by Crippen LogP contribution is -2.55. The summed E-state index contributed by atoms with van der Waals surface area (Å²) in [6.07, 6.45) is 0. The maximum atomic E-state index is 13.9. The van der Waals surface area contributed by atoms with Gasteiger partial charge >= 0.3 is 5.97 Å². The summed E-state index contributed by atoms with van der Waals surface area (Å²) in [5, 5.41) is 3.31. The second-order valence-corrected chi connectivity index (χ2v) is 8.71. The molecule has 0 aliphatic carbocycles. The Morgan fingerprint density at radius 2 is 1.70 bits per heavy atom. The molecular weight excluding hydrogens is 422 g/mol. The lowest BCUT2D eigenvalue weighted by atomic mass is 9.76. The maximum Gasteiger partial charge on any atom is 0.326 e. The number of rotatable bonds is 5. The molecule has 2 aromatic rings. The molecule has 4 atom stereocenters. The van der Waals surface area contributed by atoms with Crippen LogP contribution in [-0.2, 0) is 36.0 Å². The molecule has 8 heteroatoms. The largest absolute Gasteiger partial charge is 0.465 e. The Morgan fingerprint density at radius 1 is 1.00 bits per heavy atom. The van der Waals surface area contributed by atoms with Gasteiger partial charge in [0, 0.05) is 17.3 Å². The van der Waals surface area contributed by atoms with Crippen LogP contribution in [0.15, 0.2) is 54.6 Å². The topological polar surface area (TPSA) is 96.0 Å². The number of benzene rings is 2. The maximum absolute atomic E-state index is 13.9. The summed E-state index contributed by atoms with van der Waals surface area (Å²) in [5.41, 5.74) is 0.612. The van der Waals surface area contributed by atoms with Crippen molar-refractivity contribution in [2.45, 2.75) is 32.0 Å². The number of esters is 1. The number of amides is 3. The standard InChI is InChI=1S/C25H25N3O5/c1-3-33-19(29)14-27-18-12-8-7-11-17(18)25(24(27)32)21-20(15(2)26-25)22(30)28(23(21)31)13-16-9-5-4-6-10-16/h4-12,15,20-21,26H,3,13-14H2,1-2H3/t15-,20+,21-,25-/m0/s1. The van der Waals surface area contributed by atoms with Gasteiger partial charge in [0.25, 0.3) is 5.91 Å². The van der Waals surface area contributed by atoms with Gasteiger partial charge in [0.1, 0.15) is 12.1 Å². The van der Waals surface area contributed by atoms with Crippen molar-refractivity contribution in [3.8, 4) is 0 Å². The summed E-state index contributed by atoms with van der Waals surface area (Å²) in [6, 6.07) is 16.0. The Labute approximate surface area is 191 Å². The summed E-state index contributed by atoms with van der Waals surface area (Å²) in [7, 11) is 0. The van der Waals surface area contributed by atoms with Gasteiger partial charge < -0.3 is 4.74 Å². The van der Waals surface area contributed by atoms with Crippen LogP contribution >= 0.6 is 0 Å². The lowest BCUT2D eigenvalue weighted by molar-refractivity contribution is -0.144. The van der Waals surface area contributed by atoms with Gasteiger partial charge in [-0.2, -0.15) is 0 Å². The van der Waals surface area contributed by atoms with Gasteiger partial charge in [-0.15, -0.1) is 0 Å². The molecular formula is C25H25N3O5. The first-order chi connectivity index (χ1) is 15.9. The minimum atomic E-state index is -1.40. The van der Waals surface area contributed by atoms with Gasteiger partial charge in [-0.05, 0) is 25.5 Å². The van der Waals surface area contributed by atoms with Crippen molar-refractivity contribution in [1.29, 1.82) is 0 Å². The van der Waals surface area contributed by atoms with Crippen molar-refractivity contribution in [3.05, 3.63) is 65.7 Å². The average molecular weight is 447 g/mol. The minimum absolute atomic E-state index is 0.163. The fourth-order valence-electron chi connectivity index (χ4n) is 5.58. The number of hydrogen-bond donors (Lipinski definition) is 1. The molecule has 0 unspecified atom stereocenters. The smallest absolute Gasteiger partial charge is 0.326 e. The van der Waals surface area contributed by atoms with Gasteiger partial charge in [0.15, 0.2) is 0 Å². The normalized spacial score (nSPS) is 27.9. The van der Waals surface area contributed by atoms with E-state index in [4.69, 9.17) is 4.74 Å². The van der Waals surface area contributed by atoms with Crippen LogP contribution in [0.4, 0.5) is 5.69 Å². The molecule has 0 bridgehead atoms. The van der Waals surface area contributed by atoms with Gasteiger partial charge in [-0.3, -0.25) is 34.3 Å². The summed E-state index contributed by atoms with van der Waals surface area (Å²) >= 11 is 0. The Morgan fingerprint density at radius 3 is 2.42 bits per heavy atom. The zero-order valence-electron chi connectivity index (χ0n) is 18.5. The molecule has 3 amide bonds. The molecule has 33 heavy (non-hydrogen) atoms. The van der Waals surface area contributed by atoms with E-state index < -0.39 is 35.3 Å². The van der Waals surface area contributed by atoms with E-state index in [-0.39, 0.29) is 31.5 Å². The lowest BCUT2D eigenvalue weighted by Gasteiger charge is -2.30. The Balaban J connectivity index is 1.56. The van der Waals surface area contributed by atoms with E-state index in [1.54, 1.807) is 31.2 Å². The molecule has 3 heterocycles. The van der Waals surface area contributed by atoms with Crippen LogP contribution in [0.3, 0.4) is 0 Å². The number of anilines is 1. The predicted octanol–water partition coefficient (Wildman–Crippen LogP) is 1.58. The molecule has 8 nitrogen and oxygen atoms in total. The number of para-hydroxylation sites is 1. The van der Waals surface area contributed by atoms with E-state index in [0.717, 1.165) is 5.56 Å². The fraction of sp³-hybridized carbons (Fsp3) is 0.360. The van der Waals surface area contributed by atoms with Gasteiger partial charge in [-0.25, -0.2) is 0 Å². The molecule has 3 aliphatic heterocycles. The second-order valence-electron chi connectivity index (χ2n) is 8.71. The van der Waals surface area contributed by atoms with Crippen molar-refractivity contribution in [2.75, 3.05) is 18.1 Å². The van der Waals surface area contributed by atoms with Gasteiger partial charge in [-0.1, -0.05) is 48.5 Å². The van der Waals surface area contributed by atoms with E-state index >= 15 is 0 Å². The highest BCUT2D eigenvalue weighted by Gasteiger charge is 2.70. The molecule has 1 spiro atoms. The quantitative estimate of drug-likeness (QED) is 0.552. The van der Waals surface area contributed by atoms with E-state index in [0.29, 0.717) is 11.3 Å². The van der Waals surface area contributed by atoms with Crippen LogP contribution in [0.25, 0.3) is 0 Å². The summed E-state index contributed by atoms with van der Waals surface area (Å²) < 4.78 is 5.07. The molecule has 2 saturated heterocycles. The van der Waals surface area contributed by atoms with Crippen LogP contribution in [0.5, 0.6) is 0 Å². The molecule has 2 fully saturated rings. The van der Waals surface area contributed by atoms with Crippen LogP contribution in [0.2, 0.25) is 0 Å². The molecule has 2 aromatic carbocycles. The SMILES string of the molecule is CCOC(=O)CN1C(=O)[C@]2(N[C@@H](C)[C@H]3C(=O)N(Cc4ccccc4)C(=O)[C@H]32)c2ccccc21. The highest BCUT2D eigenvalue weighted by Crippen LogP contribution is 2.54. The van der Waals surface area contributed by atoms with Crippen LogP contribution in [0.1, 0.15) is 25.0 Å². The highest BCUT2D eigenvalue weighted by atomic mass is 16.5. The van der Waals surface area contributed by atoms with Crippen molar-refractivity contribution in [2.24, 2.45) is 11.8 Å².